The zero-order valence-electron chi connectivity index (χ0n) is 5.46. The number of thioether (sulfide) groups is 1. The van der Waals surface area contributed by atoms with E-state index in [0.717, 1.165) is 11.8 Å². The molecule has 64 valence electrons. The summed E-state index contributed by atoms with van der Waals surface area (Å²) in [5, 5.41) is 8.33. The summed E-state index contributed by atoms with van der Waals surface area (Å²) in [5.41, 5.74) is 6.34. The van der Waals surface area contributed by atoms with Crippen molar-refractivity contribution in [3.05, 3.63) is 9.90 Å². The van der Waals surface area contributed by atoms with Crippen LogP contribution in [0.2, 0.25) is 0 Å². The van der Waals surface area contributed by atoms with Crippen LogP contribution in [0.4, 0.5) is 0 Å². The molecular formula is C5H7Cl2NO2S. The number of carboxylic acids is 1. The molecule has 0 aliphatic heterocycles. The van der Waals surface area contributed by atoms with Crippen molar-refractivity contribution in [1.82, 2.24) is 0 Å². The van der Waals surface area contributed by atoms with Crippen molar-refractivity contribution in [3.63, 3.8) is 0 Å². The van der Waals surface area contributed by atoms with E-state index in [-0.39, 0.29) is 5.75 Å². The van der Waals surface area contributed by atoms with Crippen LogP contribution in [0.15, 0.2) is 9.90 Å². The summed E-state index contributed by atoms with van der Waals surface area (Å²) in [7, 11) is 0. The van der Waals surface area contributed by atoms with E-state index < -0.39 is 12.0 Å². The highest BCUT2D eigenvalue weighted by atomic mass is 35.5. The second kappa shape index (κ2) is 5.71. The van der Waals surface area contributed by atoms with E-state index in [2.05, 4.69) is 0 Å². The van der Waals surface area contributed by atoms with Crippen LogP contribution >= 0.6 is 35.0 Å². The summed E-state index contributed by atoms with van der Waals surface area (Å²) in [6.45, 7) is 0. The van der Waals surface area contributed by atoms with Gasteiger partial charge in [-0.2, -0.15) is 0 Å². The number of rotatable bonds is 4. The Kier molecular flexibility index (Phi) is 5.76. The van der Waals surface area contributed by atoms with Gasteiger partial charge in [-0.25, -0.2) is 0 Å². The van der Waals surface area contributed by atoms with E-state index in [1.807, 2.05) is 0 Å². The van der Waals surface area contributed by atoms with Gasteiger partial charge in [0.1, 0.15) is 6.04 Å². The first-order valence-electron chi connectivity index (χ1n) is 2.65. The highest BCUT2D eigenvalue weighted by Crippen LogP contribution is 2.20. The highest BCUT2D eigenvalue weighted by molar-refractivity contribution is 8.04. The summed E-state index contributed by atoms with van der Waals surface area (Å²) in [5.74, 6) is -0.825. The lowest BCUT2D eigenvalue weighted by molar-refractivity contribution is -0.137. The lowest BCUT2D eigenvalue weighted by Crippen LogP contribution is -2.32. The predicted molar refractivity (Wildman–Crippen MR) is 47.9 cm³/mol. The van der Waals surface area contributed by atoms with Crippen LogP contribution in [0.5, 0.6) is 0 Å². The van der Waals surface area contributed by atoms with Crippen molar-refractivity contribution in [1.29, 1.82) is 0 Å². The maximum atomic E-state index is 10.2. The van der Waals surface area contributed by atoms with Crippen molar-refractivity contribution in [2.75, 3.05) is 5.75 Å². The lowest BCUT2D eigenvalue weighted by atomic mass is 10.4. The van der Waals surface area contributed by atoms with E-state index >= 15 is 0 Å². The number of carboxylic acid groups (broad SMARTS) is 1. The molecule has 0 aromatic carbocycles. The van der Waals surface area contributed by atoms with Gasteiger partial charge >= 0.3 is 5.97 Å². The van der Waals surface area contributed by atoms with Crippen LogP contribution in [0, 0.1) is 0 Å². The Hall–Kier alpha value is 0.1000. The van der Waals surface area contributed by atoms with Gasteiger partial charge in [0.25, 0.3) is 0 Å². The molecule has 6 heteroatoms. The predicted octanol–water partition coefficient (Wildman–Crippen LogP) is 1.41. The monoisotopic (exact) mass is 215 g/mol. The maximum absolute atomic E-state index is 10.2. The summed E-state index contributed by atoms with van der Waals surface area (Å²) >= 11 is 11.8. The van der Waals surface area contributed by atoms with E-state index in [0.29, 0.717) is 4.36 Å². The van der Waals surface area contributed by atoms with Gasteiger partial charge in [-0.3, -0.25) is 4.79 Å². The fourth-order valence-electron chi connectivity index (χ4n) is 0.272. The lowest BCUT2D eigenvalue weighted by Gasteiger charge is -2.03. The fourth-order valence-corrected chi connectivity index (χ4v) is 1.19. The van der Waals surface area contributed by atoms with Gasteiger partial charge in [0, 0.05) is 11.3 Å². The van der Waals surface area contributed by atoms with Crippen molar-refractivity contribution in [3.8, 4) is 0 Å². The molecule has 11 heavy (non-hydrogen) atoms. The van der Waals surface area contributed by atoms with E-state index in [4.69, 9.17) is 34.0 Å². The Morgan fingerprint density at radius 2 is 2.36 bits per heavy atom. The molecule has 0 amide bonds. The van der Waals surface area contributed by atoms with Crippen LogP contribution < -0.4 is 5.73 Å². The Morgan fingerprint density at radius 1 is 1.82 bits per heavy atom. The molecule has 0 aliphatic rings. The van der Waals surface area contributed by atoms with Gasteiger partial charge in [0.15, 0.2) is 0 Å². The smallest absolute Gasteiger partial charge is 0.321 e. The largest absolute Gasteiger partial charge is 0.480 e. The molecule has 0 heterocycles. The Balaban J connectivity index is 3.62. The molecule has 0 rings (SSSR count). The van der Waals surface area contributed by atoms with Crippen molar-refractivity contribution in [2.24, 2.45) is 5.73 Å². The molecule has 0 bridgehead atoms. The van der Waals surface area contributed by atoms with E-state index in [9.17, 15) is 4.79 Å². The molecule has 0 saturated heterocycles. The molecule has 3 N–H and O–H groups in total. The molecule has 0 aromatic heterocycles. The highest BCUT2D eigenvalue weighted by Gasteiger charge is 2.11. The summed E-state index contributed by atoms with van der Waals surface area (Å²) in [6.07, 6.45) is 0. The first kappa shape index (κ1) is 11.1. The Labute approximate surface area is 78.5 Å². The summed E-state index contributed by atoms with van der Waals surface area (Å²) in [6, 6.07) is -0.898. The van der Waals surface area contributed by atoms with Gasteiger partial charge in [0.05, 0.1) is 4.36 Å². The molecule has 0 aliphatic carbocycles. The number of halogens is 2. The quantitative estimate of drug-likeness (QED) is 0.745. The minimum atomic E-state index is -1.04. The standard InChI is InChI=1S/C5H7Cl2NO2S/c6-1-4(7)11-2-3(8)5(9)10/h1,3H,2,8H2,(H,9,10)/b4-1-/t3-/m0/s1. The average Bonchev–Trinajstić information content (AvgIpc) is 1.99. The third-order valence-corrected chi connectivity index (χ3v) is 2.62. The number of aliphatic carboxylic acids is 1. The van der Waals surface area contributed by atoms with Crippen molar-refractivity contribution < 1.29 is 9.90 Å². The van der Waals surface area contributed by atoms with E-state index in [1.165, 1.54) is 5.54 Å². The minimum Gasteiger partial charge on any atom is -0.480 e. The van der Waals surface area contributed by atoms with Gasteiger partial charge < -0.3 is 10.8 Å². The van der Waals surface area contributed by atoms with Gasteiger partial charge in [-0.05, 0) is 0 Å². The SMILES string of the molecule is N[C@@H](CS/C(Cl)=C\Cl)C(=O)O. The molecule has 0 unspecified atom stereocenters. The molecule has 0 radical (unpaired) electrons. The normalized spacial score (nSPS) is 14.6. The van der Waals surface area contributed by atoms with Crippen LogP contribution in [0.1, 0.15) is 0 Å². The van der Waals surface area contributed by atoms with E-state index in [1.54, 1.807) is 0 Å². The Bertz CT molecular complexity index is 174. The zero-order valence-corrected chi connectivity index (χ0v) is 7.79. The maximum Gasteiger partial charge on any atom is 0.321 e. The molecule has 0 aromatic rings. The summed E-state index contributed by atoms with van der Waals surface area (Å²) < 4.78 is 0.336. The number of hydrogen-bond donors (Lipinski definition) is 2. The third kappa shape index (κ3) is 5.38. The first-order chi connectivity index (χ1) is 5.07. The van der Waals surface area contributed by atoms with Crippen molar-refractivity contribution in [2.45, 2.75) is 6.04 Å². The number of nitrogens with two attached hydrogens (primary N) is 1. The summed E-state index contributed by atoms with van der Waals surface area (Å²) in [4.78, 5) is 10.2. The topological polar surface area (TPSA) is 63.3 Å². The van der Waals surface area contributed by atoms with Crippen LogP contribution in [0.25, 0.3) is 0 Å². The molecule has 1 atom stereocenters. The fraction of sp³-hybridized carbons (Fsp3) is 0.400. The molecule has 0 fully saturated rings. The van der Waals surface area contributed by atoms with Gasteiger partial charge in [-0.15, -0.1) is 11.8 Å². The Morgan fingerprint density at radius 3 is 2.73 bits per heavy atom. The molecule has 0 spiro atoms. The van der Waals surface area contributed by atoms with Crippen LogP contribution in [-0.4, -0.2) is 22.9 Å². The van der Waals surface area contributed by atoms with Crippen molar-refractivity contribution >= 4 is 40.9 Å². The first-order valence-corrected chi connectivity index (χ1v) is 4.45. The van der Waals surface area contributed by atoms with Gasteiger partial charge in [0.2, 0.25) is 0 Å². The third-order valence-electron chi connectivity index (χ3n) is 0.804. The second-order valence-electron chi connectivity index (χ2n) is 1.67. The minimum absolute atomic E-state index is 0.220. The number of hydrogen-bond acceptors (Lipinski definition) is 3. The molecule has 0 saturated carbocycles. The van der Waals surface area contributed by atoms with Gasteiger partial charge in [-0.1, -0.05) is 23.2 Å². The molecular weight excluding hydrogens is 209 g/mol. The molecule has 3 nitrogen and oxygen atoms in total. The second-order valence-corrected chi connectivity index (χ2v) is 3.58. The van der Waals surface area contributed by atoms with Crippen LogP contribution in [0.3, 0.4) is 0 Å². The number of carbonyl (C=O) groups is 1. The van der Waals surface area contributed by atoms with Crippen LogP contribution in [-0.2, 0) is 4.79 Å². The zero-order chi connectivity index (χ0) is 8.85. The average molecular weight is 216 g/mol.